The quantitative estimate of drug-likeness (QED) is 0.491. The number of benzene rings is 2. The maximum absolute atomic E-state index is 12.8. The number of ketones is 1. The van der Waals surface area contributed by atoms with Gasteiger partial charge in [-0.2, -0.15) is 0 Å². The molecular weight excluding hydrogens is 337 g/mol. The first-order valence-electron chi connectivity index (χ1n) is 6.76. The molecule has 5 nitrogen and oxygen atoms in total. The molecule has 24 heavy (non-hydrogen) atoms. The van der Waals surface area contributed by atoms with Crippen molar-refractivity contribution in [1.29, 1.82) is 0 Å². The molecule has 2 aromatic rings. The fourth-order valence-corrected chi connectivity index (χ4v) is 2.03. The number of halogens is 2. The SMILES string of the molecule is COc1ccc(Cl)cc1NC(=O)C(=O)/C=C(\O)c1ccc(F)cc1. The second-order valence-electron chi connectivity index (χ2n) is 4.70. The second kappa shape index (κ2) is 7.61. The van der Waals surface area contributed by atoms with Gasteiger partial charge in [0.25, 0.3) is 5.91 Å². The number of aliphatic hydroxyl groups excluding tert-OH is 1. The molecule has 124 valence electrons. The van der Waals surface area contributed by atoms with Crippen LogP contribution in [0.5, 0.6) is 5.75 Å². The standard InChI is InChI=1S/C17H13ClFNO4/c1-24-16-7-4-11(18)8-13(16)20-17(23)15(22)9-14(21)10-2-5-12(19)6-3-10/h2-9,21H,1H3,(H,20,23)/b14-9-. The van der Waals surface area contributed by atoms with Gasteiger partial charge in [-0.1, -0.05) is 11.6 Å². The van der Waals surface area contributed by atoms with E-state index in [9.17, 15) is 19.1 Å². The second-order valence-corrected chi connectivity index (χ2v) is 5.14. The fraction of sp³-hybridized carbons (Fsp3) is 0.0588. The van der Waals surface area contributed by atoms with Crippen LogP contribution in [0.15, 0.2) is 48.5 Å². The Balaban J connectivity index is 2.15. The minimum atomic E-state index is -0.987. The van der Waals surface area contributed by atoms with E-state index in [0.29, 0.717) is 10.8 Å². The number of aliphatic hydroxyl groups is 1. The van der Waals surface area contributed by atoms with Gasteiger partial charge in [-0.05, 0) is 42.5 Å². The fourth-order valence-electron chi connectivity index (χ4n) is 1.86. The van der Waals surface area contributed by atoms with Crippen LogP contribution in [0.25, 0.3) is 5.76 Å². The van der Waals surface area contributed by atoms with Gasteiger partial charge in [0.1, 0.15) is 17.3 Å². The molecule has 0 aliphatic rings. The number of methoxy groups -OCH3 is 1. The molecule has 7 heteroatoms. The summed E-state index contributed by atoms with van der Waals surface area (Å²) in [4.78, 5) is 23.8. The number of hydrogen-bond acceptors (Lipinski definition) is 4. The number of carbonyl (C=O) groups is 2. The normalized spacial score (nSPS) is 11.0. The van der Waals surface area contributed by atoms with E-state index in [2.05, 4.69) is 5.32 Å². The number of amides is 1. The number of anilines is 1. The van der Waals surface area contributed by atoms with Crippen LogP contribution in [-0.2, 0) is 9.59 Å². The van der Waals surface area contributed by atoms with Crippen molar-refractivity contribution in [3.63, 3.8) is 0 Å². The molecule has 1 amide bonds. The van der Waals surface area contributed by atoms with Crippen LogP contribution in [0.3, 0.4) is 0 Å². The summed E-state index contributed by atoms with van der Waals surface area (Å²) < 4.78 is 17.9. The summed E-state index contributed by atoms with van der Waals surface area (Å²) in [5.41, 5.74) is 0.427. The van der Waals surface area contributed by atoms with Crippen molar-refractivity contribution in [2.75, 3.05) is 12.4 Å². The predicted molar refractivity (Wildman–Crippen MR) is 88.6 cm³/mol. The minimum Gasteiger partial charge on any atom is -0.507 e. The van der Waals surface area contributed by atoms with Crippen LogP contribution in [0.4, 0.5) is 10.1 Å². The Bertz CT molecular complexity index is 803. The predicted octanol–water partition coefficient (Wildman–Crippen LogP) is 3.59. The largest absolute Gasteiger partial charge is 0.507 e. The summed E-state index contributed by atoms with van der Waals surface area (Å²) in [6, 6.07) is 9.35. The highest BCUT2D eigenvalue weighted by molar-refractivity contribution is 6.45. The highest BCUT2D eigenvalue weighted by Gasteiger charge is 2.15. The van der Waals surface area contributed by atoms with Gasteiger partial charge in [-0.15, -0.1) is 0 Å². The van der Waals surface area contributed by atoms with E-state index >= 15 is 0 Å². The topological polar surface area (TPSA) is 75.6 Å². The molecule has 0 fully saturated rings. The van der Waals surface area contributed by atoms with Crippen molar-refractivity contribution in [3.05, 3.63) is 64.9 Å². The molecule has 2 N–H and O–H groups in total. The number of nitrogens with one attached hydrogen (secondary N) is 1. The first-order chi connectivity index (χ1) is 11.4. The highest BCUT2D eigenvalue weighted by atomic mass is 35.5. The number of hydrogen-bond donors (Lipinski definition) is 2. The molecular formula is C17H13ClFNO4. The van der Waals surface area contributed by atoms with Crippen molar-refractivity contribution in [1.82, 2.24) is 0 Å². The molecule has 0 heterocycles. The van der Waals surface area contributed by atoms with Crippen molar-refractivity contribution in [2.45, 2.75) is 0 Å². The average Bonchev–Trinajstić information content (AvgIpc) is 2.55. The van der Waals surface area contributed by atoms with Gasteiger partial charge < -0.3 is 15.2 Å². The van der Waals surface area contributed by atoms with Gasteiger partial charge >= 0.3 is 0 Å². The van der Waals surface area contributed by atoms with Crippen LogP contribution in [-0.4, -0.2) is 23.9 Å². The van der Waals surface area contributed by atoms with Gasteiger partial charge in [0.15, 0.2) is 0 Å². The zero-order valence-corrected chi connectivity index (χ0v) is 13.3. The zero-order chi connectivity index (χ0) is 17.7. The van der Waals surface area contributed by atoms with Gasteiger partial charge in [0, 0.05) is 16.7 Å². The van der Waals surface area contributed by atoms with E-state index in [0.717, 1.165) is 18.2 Å². The molecule has 0 aliphatic carbocycles. The molecule has 0 radical (unpaired) electrons. The van der Waals surface area contributed by atoms with Crippen LogP contribution in [0.2, 0.25) is 5.02 Å². The van der Waals surface area contributed by atoms with Crippen molar-refractivity contribution in [3.8, 4) is 5.75 Å². The Morgan fingerprint density at radius 2 is 1.88 bits per heavy atom. The third kappa shape index (κ3) is 4.33. The lowest BCUT2D eigenvalue weighted by Crippen LogP contribution is -2.21. The molecule has 2 rings (SSSR count). The Hall–Kier alpha value is -2.86. The van der Waals surface area contributed by atoms with E-state index in [4.69, 9.17) is 16.3 Å². The summed E-state index contributed by atoms with van der Waals surface area (Å²) in [6.45, 7) is 0. The first-order valence-corrected chi connectivity index (χ1v) is 7.14. The van der Waals surface area contributed by atoms with E-state index in [1.54, 1.807) is 6.07 Å². The van der Waals surface area contributed by atoms with Crippen LogP contribution in [0.1, 0.15) is 5.56 Å². The molecule has 0 aliphatic heterocycles. The number of ether oxygens (including phenoxy) is 1. The third-order valence-corrected chi connectivity index (χ3v) is 3.28. The molecule has 2 aromatic carbocycles. The molecule has 0 aromatic heterocycles. The Morgan fingerprint density at radius 1 is 1.21 bits per heavy atom. The van der Waals surface area contributed by atoms with Crippen molar-refractivity contribution in [2.24, 2.45) is 0 Å². The monoisotopic (exact) mass is 349 g/mol. The Labute approximate surface area is 142 Å². The van der Waals surface area contributed by atoms with Crippen LogP contribution >= 0.6 is 11.6 Å². The van der Waals surface area contributed by atoms with Crippen LogP contribution < -0.4 is 10.1 Å². The smallest absolute Gasteiger partial charge is 0.296 e. The number of rotatable bonds is 5. The van der Waals surface area contributed by atoms with Gasteiger partial charge in [0.05, 0.1) is 12.8 Å². The molecule has 0 saturated heterocycles. The molecule has 0 unspecified atom stereocenters. The van der Waals surface area contributed by atoms with Gasteiger partial charge in [-0.3, -0.25) is 9.59 Å². The summed E-state index contributed by atoms with van der Waals surface area (Å²) in [6.07, 6.45) is 0.750. The highest BCUT2D eigenvalue weighted by Crippen LogP contribution is 2.27. The lowest BCUT2D eigenvalue weighted by atomic mass is 10.1. The van der Waals surface area contributed by atoms with E-state index < -0.39 is 23.3 Å². The van der Waals surface area contributed by atoms with Crippen molar-refractivity contribution < 1.29 is 23.8 Å². The molecule has 0 atom stereocenters. The summed E-state index contributed by atoms with van der Waals surface area (Å²) in [5, 5.41) is 12.5. The summed E-state index contributed by atoms with van der Waals surface area (Å²) >= 11 is 5.84. The van der Waals surface area contributed by atoms with Crippen molar-refractivity contribution >= 4 is 34.7 Å². The summed E-state index contributed by atoms with van der Waals surface area (Å²) in [5.74, 6) is -2.58. The average molecular weight is 350 g/mol. The number of carbonyl (C=O) groups excluding carboxylic acids is 2. The third-order valence-electron chi connectivity index (χ3n) is 3.04. The zero-order valence-electron chi connectivity index (χ0n) is 12.5. The minimum absolute atomic E-state index is 0.206. The lowest BCUT2D eigenvalue weighted by molar-refractivity contribution is -0.132. The Morgan fingerprint density at radius 3 is 2.50 bits per heavy atom. The van der Waals surface area contributed by atoms with E-state index in [1.807, 2.05) is 0 Å². The first kappa shape index (κ1) is 17.5. The van der Waals surface area contributed by atoms with Gasteiger partial charge in [-0.25, -0.2) is 4.39 Å². The maximum Gasteiger partial charge on any atom is 0.296 e. The van der Waals surface area contributed by atoms with E-state index in [-0.39, 0.29) is 11.3 Å². The lowest BCUT2D eigenvalue weighted by Gasteiger charge is -2.09. The maximum atomic E-state index is 12.8. The molecule has 0 saturated carbocycles. The summed E-state index contributed by atoms with van der Waals surface area (Å²) in [7, 11) is 1.40. The van der Waals surface area contributed by atoms with Crippen LogP contribution in [0, 0.1) is 5.82 Å². The molecule has 0 spiro atoms. The Kier molecular flexibility index (Phi) is 5.55. The van der Waals surface area contributed by atoms with Gasteiger partial charge in [0.2, 0.25) is 5.78 Å². The van der Waals surface area contributed by atoms with E-state index in [1.165, 1.54) is 31.4 Å². The molecule has 0 bridgehead atoms.